The van der Waals surface area contributed by atoms with Gasteiger partial charge in [-0.05, 0) is 30.0 Å². The average molecular weight is 282 g/mol. The summed E-state index contributed by atoms with van der Waals surface area (Å²) >= 11 is 0. The quantitative estimate of drug-likeness (QED) is 0.856. The molecule has 0 aliphatic heterocycles. The normalized spacial score (nSPS) is 11.9. The summed E-state index contributed by atoms with van der Waals surface area (Å²) in [6.45, 7) is 2.54. The molecule has 1 atom stereocenters. The molecule has 1 amide bonds. The highest BCUT2D eigenvalue weighted by molar-refractivity contribution is 5.76. The van der Waals surface area contributed by atoms with Crippen LogP contribution in [0, 0.1) is 6.92 Å². The second-order valence-corrected chi connectivity index (χ2v) is 5.25. The molecule has 2 aromatic rings. The van der Waals surface area contributed by atoms with E-state index in [4.69, 9.17) is 5.73 Å². The van der Waals surface area contributed by atoms with Crippen molar-refractivity contribution in [3.8, 4) is 0 Å². The first kappa shape index (κ1) is 15.3. The summed E-state index contributed by atoms with van der Waals surface area (Å²) in [5.74, 6) is 0.0460. The fourth-order valence-corrected chi connectivity index (χ4v) is 2.27. The fourth-order valence-electron chi connectivity index (χ4n) is 2.27. The topological polar surface area (TPSA) is 55.1 Å². The summed E-state index contributed by atoms with van der Waals surface area (Å²) in [5.41, 5.74) is 9.55. The highest BCUT2D eigenvalue weighted by atomic mass is 16.1. The molecule has 3 nitrogen and oxygen atoms in total. The Morgan fingerprint density at radius 2 is 1.76 bits per heavy atom. The molecule has 21 heavy (non-hydrogen) atoms. The molecule has 0 fully saturated rings. The number of nitrogens with one attached hydrogen (secondary N) is 1. The number of amides is 1. The lowest BCUT2D eigenvalue weighted by atomic mass is 10.0. The first-order valence-corrected chi connectivity index (χ1v) is 7.28. The van der Waals surface area contributed by atoms with E-state index in [9.17, 15) is 4.79 Å². The van der Waals surface area contributed by atoms with Crippen molar-refractivity contribution in [2.75, 3.05) is 6.54 Å². The Bertz CT molecular complexity index is 581. The van der Waals surface area contributed by atoms with Crippen LogP contribution in [0.1, 0.15) is 29.2 Å². The molecule has 0 bridgehead atoms. The van der Waals surface area contributed by atoms with E-state index in [0.29, 0.717) is 13.0 Å². The molecule has 0 heterocycles. The molecular weight excluding hydrogens is 260 g/mol. The number of nitrogens with two attached hydrogens (primary N) is 1. The van der Waals surface area contributed by atoms with Gasteiger partial charge in [-0.25, -0.2) is 0 Å². The average Bonchev–Trinajstić information content (AvgIpc) is 2.52. The van der Waals surface area contributed by atoms with Crippen LogP contribution in [0.3, 0.4) is 0 Å². The van der Waals surface area contributed by atoms with Crippen LogP contribution in [0.4, 0.5) is 0 Å². The largest absolute Gasteiger partial charge is 0.354 e. The van der Waals surface area contributed by atoms with Gasteiger partial charge < -0.3 is 11.1 Å². The van der Waals surface area contributed by atoms with E-state index in [0.717, 1.165) is 12.0 Å². The zero-order valence-corrected chi connectivity index (χ0v) is 12.4. The highest BCUT2D eigenvalue weighted by Crippen LogP contribution is 2.10. The van der Waals surface area contributed by atoms with E-state index < -0.39 is 0 Å². The second-order valence-electron chi connectivity index (χ2n) is 5.25. The molecule has 3 N–H and O–H groups in total. The van der Waals surface area contributed by atoms with Gasteiger partial charge in [-0.15, -0.1) is 0 Å². The Morgan fingerprint density at radius 1 is 1.10 bits per heavy atom. The number of aryl methyl sites for hydroxylation is 2. The van der Waals surface area contributed by atoms with E-state index in [1.54, 1.807) is 0 Å². The summed E-state index contributed by atoms with van der Waals surface area (Å²) in [6.07, 6.45) is 1.26. The van der Waals surface area contributed by atoms with Gasteiger partial charge in [0.15, 0.2) is 0 Å². The van der Waals surface area contributed by atoms with Crippen molar-refractivity contribution in [2.45, 2.75) is 25.8 Å². The van der Waals surface area contributed by atoms with Gasteiger partial charge in [0.05, 0.1) is 0 Å². The van der Waals surface area contributed by atoms with Gasteiger partial charge in [0.2, 0.25) is 5.91 Å². The van der Waals surface area contributed by atoms with Gasteiger partial charge in [0, 0.05) is 19.0 Å². The van der Waals surface area contributed by atoms with E-state index in [-0.39, 0.29) is 11.9 Å². The van der Waals surface area contributed by atoms with Gasteiger partial charge in [0.25, 0.3) is 0 Å². The van der Waals surface area contributed by atoms with Crippen LogP contribution >= 0.6 is 0 Å². The molecule has 2 aromatic carbocycles. The highest BCUT2D eigenvalue weighted by Gasteiger charge is 2.08. The molecule has 3 heteroatoms. The third-order valence-electron chi connectivity index (χ3n) is 3.63. The van der Waals surface area contributed by atoms with Crippen LogP contribution in [-0.4, -0.2) is 12.5 Å². The molecule has 0 saturated heterocycles. The summed E-state index contributed by atoms with van der Waals surface area (Å²) < 4.78 is 0. The summed E-state index contributed by atoms with van der Waals surface area (Å²) in [4.78, 5) is 11.9. The number of carbonyl (C=O) groups excluding carboxylic acids is 1. The Morgan fingerprint density at radius 3 is 2.48 bits per heavy atom. The van der Waals surface area contributed by atoms with Crippen molar-refractivity contribution in [2.24, 2.45) is 5.73 Å². The van der Waals surface area contributed by atoms with Gasteiger partial charge in [-0.2, -0.15) is 0 Å². The summed E-state index contributed by atoms with van der Waals surface area (Å²) in [6, 6.07) is 17.8. The predicted octanol–water partition coefficient (Wildman–Crippen LogP) is 2.74. The summed E-state index contributed by atoms with van der Waals surface area (Å²) in [5, 5.41) is 2.91. The third-order valence-corrected chi connectivity index (χ3v) is 3.63. The first-order valence-electron chi connectivity index (χ1n) is 7.28. The molecule has 1 unspecified atom stereocenters. The Hall–Kier alpha value is -2.13. The van der Waals surface area contributed by atoms with Gasteiger partial charge in [-0.3, -0.25) is 4.79 Å². The first-order chi connectivity index (χ1) is 10.2. The lowest BCUT2D eigenvalue weighted by Crippen LogP contribution is -2.32. The van der Waals surface area contributed by atoms with Crippen LogP contribution in [0.5, 0.6) is 0 Å². The molecule has 0 aliphatic rings. The lowest BCUT2D eigenvalue weighted by molar-refractivity contribution is -0.121. The van der Waals surface area contributed by atoms with E-state index in [2.05, 4.69) is 24.4 Å². The molecule has 0 aliphatic carbocycles. The minimum Gasteiger partial charge on any atom is -0.354 e. The van der Waals surface area contributed by atoms with Crippen molar-refractivity contribution in [3.63, 3.8) is 0 Å². The number of hydrogen-bond donors (Lipinski definition) is 2. The maximum Gasteiger partial charge on any atom is 0.220 e. The molecule has 0 aromatic heterocycles. The van der Waals surface area contributed by atoms with E-state index >= 15 is 0 Å². The Kier molecular flexibility index (Phi) is 5.52. The SMILES string of the molecule is Cc1ccccc1CCC(=O)NCC(N)c1ccccc1. The van der Waals surface area contributed by atoms with E-state index in [1.807, 2.05) is 42.5 Å². The van der Waals surface area contributed by atoms with Gasteiger partial charge in [-0.1, -0.05) is 54.6 Å². The minimum absolute atomic E-state index is 0.0460. The molecule has 2 rings (SSSR count). The zero-order chi connectivity index (χ0) is 15.1. The zero-order valence-electron chi connectivity index (χ0n) is 12.4. The van der Waals surface area contributed by atoms with Crippen molar-refractivity contribution in [3.05, 3.63) is 71.3 Å². The van der Waals surface area contributed by atoms with Crippen molar-refractivity contribution in [1.29, 1.82) is 0 Å². The number of hydrogen-bond acceptors (Lipinski definition) is 2. The lowest BCUT2D eigenvalue weighted by Gasteiger charge is -2.13. The number of benzene rings is 2. The Labute approximate surface area is 126 Å². The predicted molar refractivity (Wildman–Crippen MR) is 85.9 cm³/mol. The molecular formula is C18H22N2O. The van der Waals surface area contributed by atoms with Crippen LogP contribution < -0.4 is 11.1 Å². The van der Waals surface area contributed by atoms with Crippen LogP contribution in [-0.2, 0) is 11.2 Å². The molecule has 0 spiro atoms. The molecule has 110 valence electrons. The van der Waals surface area contributed by atoms with Crippen molar-refractivity contribution >= 4 is 5.91 Å². The maximum absolute atomic E-state index is 11.9. The summed E-state index contributed by atoms with van der Waals surface area (Å²) in [7, 11) is 0. The maximum atomic E-state index is 11.9. The molecule has 0 radical (unpaired) electrons. The van der Waals surface area contributed by atoms with Gasteiger partial charge >= 0.3 is 0 Å². The second kappa shape index (κ2) is 7.60. The third kappa shape index (κ3) is 4.72. The monoisotopic (exact) mass is 282 g/mol. The van der Waals surface area contributed by atoms with Crippen molar-refractivity contribution < 1.29 is 4.79 Å². The van der Waals surface area contributed by atoms with E-state index in [1.165, 1.54) is 11.1 Å². The fraction of sp³-hybridized carbons (Fsp3) is 0.278. The number of carbonyl (C=O) groups is 1. The van der Waals surface area contributed by atoms with Crippen LogP contribution in [0.15, 0.2) is 54.6 Å². The number of rotatable bonds is 6. The smallest absolute Gasteiger partial charge is 0.220 e. The molecule has 0 saturated carbocycles. The van der Waals surface area contributed by atoms with Crippen molar-refractivity contribution in [1.82, 2.24) is 5.32 Å². The standard InChI is InChI=1S/C18H22N2O/c1-14-7-5-6-8-15(14)11-12-18(21)20-13-17(19)16-9-3-2-4-10-16/h2-10,17H,11-13,19H2,1H3,(H,20,21). The van der Waals surface area contributed by atoms with Crippen LogP contribution in [0.2, 0.25) is 0 Å². The van der Waals surface area contributed by atoms with Gasteiger partial charge in [0.1, 0.15) is 0 Å². The minimum atomic E-state index is -0.159. The Balaban J connectivity index is 1.76. The van der Waals surface area contributed by atoms with Crippen LogP contribution in [0.25, 0.3) is 0 Å².